The number of carbonyl (C=O) groups is 1. The summed E-state index contributed by atoms with van der Waals surface area (Å²) in [6.45, 7) is 4.84. The second kappa shape index (κ2) is 69.8. The third-order valence-corrected chi connectivity index (χ3v) is 19.0. The second-order valence-electron chi connectivity index (χ2n) is 28.1. The molecule has 1 amide bonds. The summed E-state index contributed by atoms with van der Waals surface area (Å²) in [6, 6.07) is -0.871. The predicted molar refractivity (Wildman–Crippen MR) is 387 cm³/mol. The van der Waals surface area contributed by atoms with Crippen LogP contribution in [-0.2, 0) is 18.4 Å². The van der Waals surface area contributed by atoms with E-state index in [0.717, 1.165) is 44.9 Å². The zero-order chi connectivity index (χ0) is 64.1. The highest BCUT2D eigenvalue weighted by atomic mass is 31.2. The van der Waals surface area contributed by atoms with Crippen LogP contribution in [0.4, 0.5) is 0 Å². The van der Waals surface area contributed by atoms with Crippen LogP contribution in [0.2, 0.25) is 0 Å². The molecule has 0 spiro atoms. The molecule has 9 heteroatoms. The van der Waals surface area contributed by atoms with Crippen LogP contribution >= 0.6 is 7.82 Å². The topological polar surface area (TPSA) is 105 Å². The number of hydrogen-bond acceptors (Lipinski definition) is 5. The number of hydrogen-bond donors (Lipinski definition) is 3. The molecule has 0 heterocycles. The van der Waals surface area contributed by atoms with E-state index in [1.54, 1.807) is 6.08 Å². The van der Waals surface area contributed by atoms with Crippen LogP contribution in [0.5, 0.6) is 0 Å². The number of aliphatic hydroxyl groups is 1. The van der Waals surface area contributed by atoms with Crippen molar-refractivity contribution in [3.8, 4) is 0 Å². The van der Waals surface area contributed by atoms with Crippen molar-refractivity contribution in [2.75, 3.05) is 40.9 Å². The Bertz CT molecular complexity index is 1580. The SMILES string of the molecule is CCCCCCCCCC/C=C\CCCCCCCCCCCCCCCCCCCCCCCCCCCCCCCC(=O)NC(COP(=O)(O)OCC[N+](C)(C)C)C(O)/C=C/CC/C=C/CC/C=C/CCCCCCCCCCCCCCCCC. The number of amides is 1. The molecule has 88 heavy (non-hydrogen) atoms. The van der Waals surface area contributed by atoms with E-state index in [-0.39, 0.29) is 19.1 Å². The summed E-state index contributed by atoms with van der Waals surface area (Å²) >= 11 is 0. The van der Waals surface area contributed by atoms with E-state index in [9.17, 15) is 19.4 Å². The Kier molecular flexibility index (Phi) is 68.6. The number of phosphoric ester groups is 1. The summed E-state index contributed by atoms with van der Waals surface area (Å²) in [7, 11) is 1.56. The molecule has 0 aromatic rings. The van der Waals surface area contributed by atoms with Gasteiger partial charge in [-0.25, -0.2) is 4.57 Å². The minimum atomic E-state index is -4.37. The van der Waals surface area contributed by atoms with Crippen molar-refractivity contribution in [3.63, 3.8) is 0 Å². The average Bonchev–Trinajstić information content (AvgIpc) is 3.71. The van der Waals surface area contributed by atoms with Crippen LogP contribution in [0, 0.1) is 0 Å². The van der Waals surface area contributed by atoms with Crippen molar-refractivity contribution < 1.29 is 32.9 Å². The lowest BCUT2D eigenvalue weighted by molar-refractivity contribution is -0.870. The van der Waals surface area contributed by atoms with Gasteiger partial charge in [0.15, 0.2) is 0 Å². The van der Waals surface area contributed by atoms with E-state index < -0.39 is 20.0 Å². The molecule has 0 radical (unpaired) electrons. The largest absolute Gasteiger partial charge is 0.472 e. The van der Waals surface area contributed by atoms with Gasteiger partial charge in [-0.3, -0.25) is 13.8 Å². The molecule has 0 fully saturated rings. The lowest BCUT2D eigenvalue weighted by Crippen LogP contribution is -2.45. The van der Waals surface area contributed by atoms with Gasteiger partial charge in [0, 0.05) is 6.42 Å². The molecule has 0 saturated carbocycles. The van der Waals surface area contributed by atoms with Gasteiger partial charge in [-0.15, -0.1) is 0 Å². The molecule has 0 aliphatic carbocycles. The van der Waals surface area contributed by atoms with E-state index >= 15 is 0 Å². The van der Waals surface area contributed by atoms with Crippen molar-refractivity contribution in [2.45, 2.75) is 411 Å². The van der Waals surface area contributed by atoms with E-state index in [1.807, 2.05) is 27.2 Å². The van der Waals surface area contributed by atoms with Crippen LogP contribution in [0.25, 0.3) is 0 Å². The Balaban J connectivity index is 3.94. The smallest absolute Gasteiger partial charge is 0.387 e. The Morgan fingerprint density at radius 1 is 0.375 bits per heavy atom. The molecule has 3 unspecified atom stereocenters. The highest BCUT2D eigenvalue weighted by Crippen LogP contribution is 2.43. The van der Waals surface area contributed by atoms with Crippen molar-refractivity contribution in [1.29, 1.82) is 0 Å². The normalized spacial score (nSPS) is 13.8. The van der Waals surface area contributed by atoms with Crippen LogP contribution in [0.1, 0.15) is 399 Å². The van der Waals surface area contributed by atoms with Gasteiger partial charge >= 0.3 is 7.82 Å². The summed E-state index contributed by atoms with van der Waals surface area (Å²) in [5.74, 6) is -0.183. The van der Waals surface area contributed by atoms with Gasteiger partial charge in [-0.2, -0.15) is 0 Å². The summed E-state index contributed by atoms with van der Waals surface area (Å²) in [5.41, 5.74) is 0. The van der Waals surface area contributed by atoms with Crippen LogP contribution < -0.4 is 5.32 Å². The summed E-state index contributed by atoms with van der Waals surface area (Å²) in [5, 5.41) is 14.0. The fourth-order valence-corrected chi connectivity index (χ4v) is 12.7. The molecule has 0 aromatic heterocycles. The highest BCUT2D eigenvalue weighted by molar-refractivity contribution is 7.47. The first-order valence-electron chi connectivity index (χ1n) is 39.0. The third-order valence-electron chi connectivity index (χ3n) is 18.0. The van der Waals surface area contributed by atoms with Crippen molar-refractivity contribution >= 4 is 13.7 Å². The number of unbranched alkanes of at least 4 members (excludes halogenated alkanes) is 54. The number of nitrogens with zero attached hydrogens (tertiary/aromatic N) is 1. The van der Waals surface area contributed by atoms with E-state index in [4.69, 9.17) is 9.05 Å². The molecule has 8 nitrogen and oxygen atoms in total. The molecule has 0 bridgehead atoms. The maximum atomic E-state index is 13.1. The van der Waals surface area contributed by atoms with Crippen LogP contribution in [0.15, 0.2) is 48.6 Å². The predicted octanol–water partition coefficient (Wildman–Crippen LogP) is 25.3. The third kappa shape index (κ3) is 71.9. The average molecular weight is 1260 g/mol. The first kappa shape index (κ1) is 86.5. The Morgan fingerprint density at radius 2 is 0.625 bits per heavy atom. The zero-order valence-corrected chi connectivity index (χ0v) is 60.6. The molecule has 0 rings (SSSR count). The van der Waals surface area contributed by atoms with E-state index in [0.29, 0.717) is 17.4 Å². The Hall–Kier alpha value is -1.54. The van der Waals surface area contributed by atoms with Gasteiger partial charge in [-0.1, -0.05) is 371 Å². The first-order chi connectivity index (χ1) is 43.0. The van der Waals surface area contributed by atoms with Gasteiger partial charge in [0.25, 0.3) is 0 Å². The van der Waals surface area contributed by atoms with E-state index in [1.165, 1.54) is 334 Å². The number of phosphoric acid groups is 1. The molecule has 0 aliphatic rings. The Labute approximate surface area is 549 Å². The molecule has 3 N–H and O–H groups in total. The fraction of sp³-hybridized carbons (Fsp3) is 0.886. The first-order valence-corrected chi connectivity index (χ1v) is 40.5. The molecular formula is C79H154N2O6P+. The number of aliphatic hydroxyl groups excluding tert-OH is 1. The number of allylic oxidation sites excluding steroid dienone is 7. The van der Waals surface area contributed by atoms with E-state index in [2.05, 4.69) is 55.6 Å². The van der Waals surface area contributed by atoms with Crippen molar-refractivity contribution in [3.05, 3.63) is 48.6 Å². The van der Waals surface area contributed by atoms with Crippen LogP contribution in [-0.4, -0.2) is 73.4 Å². The number of carbonyl (C=O) groups excluding carboxylic acids is 1. The van der Waals surface area contributed by atoms with Gasteiger partial charge in [0.05, 0.1) is 39.9 Å². The number of nitrogens with one attached hydrogen (secondary N) is 1. The molecular weight excluding hydrogens is 1100 g/mol. The van der Waals surface area contributed by atoms with Crippen molar-refractivity contribution in [1.82, 2.24) is 5.32 Å². The highest BCUT2D eigenvalue weighted by Gasteiger charge is 2.28. The zero-order valence-electron chi connectivity index (χ0n) is 59.7. The summed E-state index contributed by atoms with van der Waals surface area (Å²) < 4.78 is 23.8. The van der Waals surface area contributed by atoms with Gasteiger partial charge in [0.2, 0.25) is 5.91 Å². The molecule has 3 atom stereocenters. The number of likely N-dealkylation sites (N-methyl/N-ethyl adjacent to an activating group) is 1. The second-order valence-corrected chi connectivity index (χ2v) is 29.5. The standard InChI is InChI=1S/C79H153N2O6P/c1-6-8-10-12-14-16-18-20-22-24-26-28-30-32-33-34-35-36-37-38-39-40-41-42-43-44-45-46-47-49-51-53-55-57-59-61-63-65-67-69-71-73-79(83)80-77(76-87-88(84,85)86-75-74-81(3,4)5)78(82)72-70-68-66-64-62-60-58-56-54-52-50-48-31-29-27-25-23-21-19-17-15-13-11-9-7-2/h24,26,54,56,62,64,70,72,77-78,82H,6-23,25,27-53,55,57-61,63,65-69,71,73-76H2,1-5H3,(H-,80,83,84,85)/p+1/b26-24-,56-54+,64-62+,72-70+. The maximum Gasteiger partial charge on any atom is 0.472 e. The molecule has 0 aromatic carbocycles. The minimum Gasteiger partial charge on any atom is -0.387 e. The number of quaternary nitrogens is 1. The van der Waals surface area contributed by atoms with Gasteiger partial charge < -0.3 is 19.8 Å². The molecule has 0 aliphatic heterocycles. The van der Waals surface area contributed by atoms with Crippen molar-refractivity contribution in [2.24, 2.45) is 0 Å². The van der Waals surface area contributed by atoms with Gasteiger partial charge in [-0.05, 0) is 70.6 Å². The van der Waals surface area contributed by atoms with Gasteiger partial charge in [0.1, 0.15) is 13.2 Å². The Morgan fingerprint density at radius 3 is 0.909 bits per heavy atom. The quantitative estimate of drug-likeness (QED) is 0.0243. The lowest BCUT2D eigenvalue weighted by Gasteiger charge is -2.25. The maximum absolute atomic E-state index is 13.1. The minimum absolute atomic E-state index is 0.0549. The summed E-state index contributed by atoms with van der Waals surface area (Å²) in [4.78, 5) is 23.4. The fourth-order valence-electron chi connectivity index (χ4n) is 12.0. The number of rotatable bonds is 73. The van der Waals surface area contributed by atoms with Crippen LogP contribution in [0.3, 0.4) is 0 Å². The monoisotopic (exact) mass is 1260 g/mol. The molecule has 520 valence electrons. The lowest BCUT2D eigenvalue weighted by atomic mass is 10.0. The molecule has 0 saturated heterocycles. The summed E-state index contributed by atoms with van der Waals surface area (Å²) in [6.07, 6.45) is 96.0.